The number of nitrogens with two attached hydrogens (primary N) is 1. The van der Waals surface area contributed by atoms with Crippen LogP contribution in [0.4, 0.5) is 18.9 Å². The molecule has 5 nitrogen and oxygen atoms in total. The first-order valence-electron chi connectivity index (χ1n) is 8.08. The maximum atomic E-state index is 12.4. The summed E-state index contributed by atoms with van der Waals surface area (Å²) >= 11 is 0. The van der Waals surface area contributed by atoms with Crippen LogP contribution in [-0.2, 0) is 0 Å². The minimum Gasteiger partial charge on any atom is -0.404 e. The fraction of sp³-hybridized carbons (Fsp3) is 0.562. The Morgan fingerprint density at radius 2 is 1.88 bits per heavy atom. The number of aliphatic imine (C=N–C) groups is 1. The predicted octanol–water partition coefficient (Wildman–Crippen LogP) is 3.81. The Labute approximate surface area is 162 Å². The van der Waals surface area contributed by atoms with Crippen LogP contribution in [0.2, 0.25) is 0 Å². The molecule has 1 aliphatic rings. The van der Waals surface area contributed by atoms with Crippen molar-refractivity contribution < 1.29 is 17.9 Å². The number of ether oxygens (including phenoxy) is 1. The lowest BCUT2D eigenvalue weighted by Gasteiger charge is -2.14. The van der Waals surface area contributed by atoms with Crippen molar-refractivity contribution in [1.29, 1.82) is 0 Å². The third-order valence-corrected chi connectivity index (χ3v) is 3.74. The molecule has 1 aliphatic heterocycles. The lowest BCUT2D eigenvalue weighted by Crippen LogP contribution is -2.25. The van der Waals surface area contributed by atoms with E-state index in [1.807, 2.05) is 0 Å². The molecular weight excluding hydrogens is 448 g/mol. The standard InChI is InChI=1S/C16H23F3N4O.HI/c17-16(18,19)24-14-8-2-1-7-13(14)22-15(20)21-9-3-4-10-23-11-5-6-12-23;/h1-2,7-8H,3-6,9-12H2,(H3,20,21,22);1H. The second kappa shape index (κ2) is 10.7. The summed E-state index contributed by atoms with van der Waals surface area (Å²) in [5, 5.41) is 2.66. The van der Waals surface area contributed by atoms with Crippen molar-refractivity contribution in [2.75, 3.05) is 31.5 Å². The van der Waals surface area contributed by atoms with Crippen LogP contribution < -0.4 is 15.8 Å². The maximum Gasteiger partial charge on any atom is 0.573 e. The van der Waals surface area contributed by atoms with E-state index in [-0.39, 0.29) is 41.4 Å². The molecule has 1 aromatic carbocycles. The molecule has 1 aromatic rings. The number of likely N-dealkylation sites (tertiary alicyclic amines) is 1. The minimum atomic E-state index is -4.75. The molecule has 0 radical (unpaired) electrons. The number of anilines is 1. The van der Waals surface area contributed by atoms with Crippen LogP contribution >= 0.6 is 24.0 Å². The van der Waals surface area contributed by atoms with Crippen molar-refractivity contribution in [1.82, 2.24) is 4.90 Å². The molecule has 1 fully saturated rings. The highest BCUT2D eigenvalue weighted by molar-refractivity contribution is 14.0. The zero-order chi connectivity index (χ0) is 17.4. The number of benzene rings is 1. The van der Waals surface area contributed by atoms with E-state index < -0.39 is 6.36 Å². The second-order valence-electron chi connectivity index (χ2n) is 5.69. The lowest BCUT2D eigenvalue weighted by atomic mass is 10.3. The molecule has 1 heterocycles. The van der Waals surface area contributed by atoms with Gasteiger partial charge in [0.25, 0.3) is 0 Å². The SMILES string of the molecule is I.NC(=NCCCCN1CCCC1)Nc1ccccc1OC(F)(F)F. The Morgan fingerprint density at radius 1 is 1.20 bits per heavy atom. The third kappa shape index (κ3) is 8.61. The summed E-state index contributed by atoms with van der Waals surface area (Å²) < 4.78 is 41.0. The molecule has 3 N–H and O–H groups in total. The number of para-hydroxylation sites is 2. The number of hydrogen-bond donors (Lipinski definition) is 2. The number of nitrogens with one attached hydrogen (secondary N) is 1. The zero-order valence-corrected chi connectivity index (χ0v) is 16.2. The Kier molecular flexibility index (Phi) is 9.33. The van der Waals surface area contributed by atoms with Gasteiger partial charge in [0.2, 0.25) is 0 Å². The first-order chi connectivity index (χ1) is 11.4. The fourth-order valence-electron chi connectivity index (χ4n) is 2.61. The van der Waals surface area contributed by atoms with E-state index in [1.165, 1.54) is 44.1 Å². The molecule has 1 saturated heterocycles. The average Bonchev–Trinajstić information content (AvgIpc) is 3.01. The molecular formula is C16H24F3IN4O. The molecule has 0 amide bonds. The molecule has 142 valence electrons. The van der Waals surface area contributed by atoms with E-state index in [9.17, 15) is 13.2 Å². The number of unbranched alkanes of at least 4 members (excludes halogenated alkanes) is 1. The summed E-state index contributed by atoms with van der Waals surface area (Å²) in [4.78, 5) is 6.58. The molecule has 0 atom stereocenters. The monoisotopic (exact) mass is 472 g/mol. The van der Waals surface area contributed by atoms with Gasteiger partial charge in [-0.25, -0.2) is 0 Å². The van der Waals surface area contributed by atoms with Gasteiger partial charge in [-0.3, -0.25) is 4.99 Å². The first kappa shape index (κ1) is 21.8. The quantitative estimate of drug-likeness (QED) is 0.274. The second-order valence-corrected chi connectivity index (χ2v) is 5.69. The Bertz CT molecular complexity index is 548. The van der Waals surface area contributed by atoms with Gasteiger partial charge < -0.3 is 20.7 Å². The Hall–Kier alpha value is -1.23. The summed E-state index contributed by atoms with van der Waals surface area (Å²) in [6.45, 7) is 3.94. The van der Waals surface area contributed by atoms with Gasteiger partial charge in [-0.15, -0.1) is 37.1 Å². The van der Waals surface area contributed by atoms with Crippen LogP contribution in [-0.4, -0.2) is 43.4 Å². The molecule has 0 aliphatic carbocycles. The van der Waals surface area contributed by atoms with Gasteiger partial charge >= 0.3 is 6.36 Å². The highest BCUT2D eigenvalue weighted by Crippen LogP contribution is 2.29. The van der Waals surface area contributed by atoms with E-state index >= 15 is 0 Å². The number of rotatable bonds is 7. The molecule has 9 heteroatoms. The molecule has 2 rings (SSSR count). The fourth-order valence-corrected chi connectivity index (χ4v) is 2.61. The van der Waals surface area contributed by atoms with Crippen molar-refractivity contribution in [3.05, 3.63) is 24.3 Å². The Morgan fingerprint density at radius 3 is 2.56 bits per heavy atom. The van der Waals surface area contributed by atoms with Gasteiger partial charge in [0.05, 0.1) is 5.69 Å². The molecule has 25 heavy (non-hydrogen) atoms. The first-order valence-corrected chi connectivity index (χ1v) is 8.08. The van der Waals surface area contributed by atoms with Gasteiger partial charge in [0.15, 0.2) is 11.7 Å². The van der Waals surface area contributed by atoms with Gasteiger partial charge in [0, 0.05) is 6.54 Å². The summed E-state index contributed by atoms with van der Waals surface area (Å²) in [7, 11) is 0. The minimum absolute atomic E-state index is 0. The number of hydrogen-bond acceptors (Lipinski definition) is 3. The van der Waals surface area contributed by atoms with Crippen LogP contribution in [0.25, 0.3) is 0 Å². The number of nitrogens with zero attached hydrogens (tertiary/aromatic N) is 2. The van der Waals surface area contributed by atoms with Crippen LogP contribution in [0.5, 0.6) is 5.75 Å². The third-order valence-electron chi connectivity index (χ3n) is 3.74. The summed E-state index contributed by atoms with van der Waals surface area (Å²) in [5.41, 5.74) is 5.87. The van der Waals surface area contributed by atoms with Crippen molar-refractivity contribution >= 4 is 35.6 Å². The van der Waals surface area contributed by atoms with Crippen LogP contribution in [0.3, 0.4) is 0 Å². The van der Waals surface area contributed by atoms with E-state index in [2.05, 4.69) is 19.9 Å². The Balaban J connectivity index is 0.00000312. The van der Waals surface area contributed by atoms with Crippen LogP contribution in [0.15, 0.2) is 29.3 Å². The summed E-state index contributed by atoms with van der Waals surface area (Å²) in [5.74, 6) is -0.258. The highest BCUT2D eigenvalue weighted by Gasteiger charge is 2.32. The van der Waals surface area contributed by atoms with E-state index in [0.29, 0.717) is 6.54 Å². The van der Waals surface area contributed by atoms with Crippen molar-refractivity contribution in [2.45, 2.75) is 32.0 Å². The smallest absolute Gasteiger partial charge is 0.404 e. The van der Waals surface area contributed by atoms with Crippen LogP contribution in [0.1, 0.15) is 25.7 Å². The van der Waals surface area contributed by atoms with Gasteiger partial charge in [-0.05, 0) is 57.5 Å². The molecule has 0 bridgehead atoms. The number of halogens is 4. The van der Waals surface area contributed by atoms with Gasteiger partial charge in [0.1, 0.15) is 0 Å². The maximum absolute atomic E-state index is 12.4. The zero-order valence-electron chi connectivity index (χ0n) is 13.9. The van der Waals surface area contributed by atoms with Crippen LogP contribution in [0, 0.1) is 0 Å². The predicted molar refractivity (Wildman–Crippen MR) is 104 cm³/mol. The topological polar surface area (TPSA) is 62.9 Å². The number of guanidine groups is 1. The lowest BCUT2D eigenvalue weighted by molar-refractivity contribution is -0.274. The molecule has 0 unspecified atom stereocenters. The van der Waals surface area contributed by atoms with Gasteiger partial charge in [-0.1, -0.05) is 12.1 Å². The normalized spacial score (nSPS) is 15.7. The summed E-state index contributed by atoms with van der Waals surface area (Å²) in [6, 6.07) is 5.73. The van der Waals surface area contributed by atoms with Crippen molar-refractivity contribution in [3.8, 4) is 5.75 Å². The van der Waals surface area contributed by atoms with E-state index in [1.54, 1.807) is 6.07 Å². The van der Waals surface area contributed by atoms with Crippen molar-refractivity contribution in [3.63, 3.8) is 0 Å². The van der Waals surface area contributed by atoms with Gasteiger partial charge in [-0.2, -0.15) is 0 Å². The average molecular weight is 472 g/mol. The summed E-state index contributed by atoms with van der Waals surface area (Å²) in [6.07, 6.45) is -0.285. The molecule has 0 spiro atoms. The largest absolute Gasteiger partial charge is 0.573 e. The van der Waals surface area contributed by atoms with E-state index in [0.717, 1.165) is 19.4 Å². The highest BCUT2D eigenvalue weighted by atomic mass is 127. The molecule has 0 saturated carbocycles. The molecule has 0 aromatic heterocycles. The van der Waals surface area contributed by atoms with E-state index in [4.69, 9.17) is 5.73 Å². The van der Waals surface area contributed by atoms with Crippen molar-refractivity contribution in [2.24, 2.45) is 10.7 Å². The number of alkyl halides is 3.